The molecule has 2 saturated heterocycles. The highest BCUT2D eigenvalue weighted by Gasteiger charge is 2.42. The van der Waals surface area contributed by atoms with Crippen molar-refractivity contribution in [3.8, 4) is 0 Å². The SMILES string of the molecule is CC(C)CC(=O)N[C@@H]1CCc2ccc(C(=O)N3CCC4(CCN(c5ccncc5)CC4)C3)cc21. The maximum Gasteiger partial charge on any atom is 0.253 e. The van der Waals surface area contributed by atoms with Crippen LogP contribution >= 0.6 is 0 Å². The Kier molecular flexibility index (Phi) is 6.32. The van der Waals surface area contributed by atoms with Gasteiger partial charge in [0, 0.05) is 56.2 Å². The van der Waals surface area contributed by atoms with Gasteiger partial charge in [0.1, 0.15) is 0 Å². The highest BCUT2D eigenvalue weighted by atomic mass is 16.2. The highest BCUT2D eigenvalue weighted by Crippen LogP contribution is 2.42. The van der Waals surface area contributed by atoms with Crippen molar-refractivity contribution in [1.29, 1.82) is 0 Å². The van der Waals surface area contributed by atoms with Gasteiger partial charge < -0.3 is 15.1 Å². The summed E-state index contributed by atoms with van der Waals surface area (Å²) >= 11 is 0. The topological polar surface area (TPSA) is 65.5 Å². The molecule has 0 unspecified atom stereocenters. The second kappa shape index (κ2) is 9.40. The molecule has 2 aliphatic heterocycles. The molecular formula is C28H36N4O2. The lowest BCUT2D eigenvalue weighted by molar-refractivity contribution is -0.122. The number of pyridine rings is 1. The zero-order valence-corrected chi connectivity index (χ0v) is 20.4. The van der Waals surface area contributed by atoms with Crippen LogP contribution in [0.25, 0.3) is 0 Å². The van der Waals surface area contributed by atoms with Crippen molar-refractivity contribution in [3.05, 3.63) is 59.4 Å². The summed E-state index contributed by atoms with van der Waals surface area (Å²) in [7, 11) is 0. The minimum absolute atomic E-state index is 0.0245. The van der Waals surface area contributed by atoms with Gasteiger partial charge >= 0.3 is 0 Å². The maximum absolute atomic E-state index is 13.5. The number of hydrogen-bond acceptors (Lipinski definition) is 4. The van der Waals surface area contributed by atoms with E-state index in [0.29, 0.717) is 12.3 Å². The summed E-state index contributed by atoms with van der Waals surface area (Å²) in [5, 5.41) is 3.19. The number of carbonyl (C=O) groups excluding carboxylic acids is 2. The predicted octanol–water partition coefficient (Wildman–Crippen LogP) is 4.36. The van der Waals surface area contributed by atoms with E-state index in [1.54, 1.807) is 0 Å². The first-order valence-corrected chi connectivity index (χ1v) is 12.8. The fraction of sp³-hybridized carbons (Fsp3) is 0.536. The number of rotatable bonds is 5. The lowest BCUT2D eigenvalue weighted by Crippen LogP contribution is -2.42. The molecule has 1 spiro atoms. The summed E-state index contributed by atoms with van der Waals surface area (Å²) in [5.74, 6) is 0.576. The van der Waals surface area contributed by atoms with E-state index in [-0.39, 0.29) is 23.3 Å². The molecule has 0 bridgehead atoms. The Morgan fingerprint density at radius 1 is 1.09 bits per heavy atom. The molecule has 34 heavy (non-hydrogen) atoms. The molecule has 1 atom stereocenters. The number of likely N-dealkylation sites (tertiary alicyclic amines) is 1. The van der Waals surface area contributed by atoms with Gasteiger partial charge in [-0.25, -0.2) is 0 Å². The molecule has 3 aliphatic rings. The molecule has 2 fully saturated rings. The zero-order chi connectivity index (χ0) is 23.7. The van der Waals surface area contributed by atoms with Gasteiger partial charge in [-0.15, -0.1) is 0 Å². The van der Waals surface area contributed by atoms with Crippen molar-refractivity contribution in [2.24, 2.45) is 11.3 Å². The van der Waals surface area contributed by atoms with Crippen LogP contribution < -0.4 is 10.2 Å². The van der Waals surface area contributed by atoms with Crippen LogP contribution in [0.5, 0.6) is 0 Å². The van der Waals surface area contributed by atoms with Crippen molar-refractivity contribution in [2.45, 2.75) is 58.4 Å². The first kappa shape index (κ1) is 22.9. The normalized spacial score (nSPS) is 21.2. The summed E-state index contributed by atoms with van der Waals surface area (Å²) in [5.41, 5.74) is 4.62. The minimum atomic E-state index is 0.0245. The number of amides is 2. The third-order valence-electron chi connectivity index (χ3n) is 7.98. The van der Waals surface area contributed by atoms with Crippen LogP contribution in [0.3, 0.4) is 0 Å². The summed E-state index contributed by atoms with van der Waals surface area (Å²) < 4.78 is 0. The smallest absolute Gasteiger partial charge is 0.253 e. The second-order valence-electron chi connectivity index (χ2n) is 10.8. The van der Waals surface area contributed by atoms with Crippen LogP contribution in [-0.2, 0) is 11.2 Å². The molecule has 2 amide bonds. The Morgan fingerprint density at radius 3 is 2.56 bits per heavy atom. The third kappa shape index (κ3) is 4.68. The number of nitrogens with one attached hydrogen (secondary N) is 1. The van der Waals surface area contributed by atoms with Crippen LogP contribution in [0, 0.1) is 11.3 Å². The molecule has 1 aromatic carbocycles. The number of aryl methyl sites for hydroxylation is 1. The molecular weight excluding hydrogens is 424 g/mol. The van der Waals surface area contributed by atoms with E-state index >= 15 is 0 Å². The van der Waals surface area contributed by atoms with E-state index in [0.717, 1.165) is 69.4 Å². The van der Waals surface area contributed by atoms with Gasteiger partial charge in [0.2, 0.25) is 5.91 Å². The van der Waals surface area contributed by atoms with Crippen LogP contribution in [-0.4, -0.2) is 47.9 Å². The van der Waals surface area contributed by atoms with Crippen molar-refractivity contribution >= 4 is 17.5 Å². The molecule has 2 aromatic rings. The molecule has 0 radical (unpaired) electrons. The number of anilines is 1. The first-order valence-electron chi connectivity index (χ1n) is 12.8. The largest absolute Gasteiger partial charge is 0.371 e. The number of hydrogen-bond donors (Lipinski definition) is 1. The minimum Gasteiger partial charge on any atom is -0.371 e. The van der Waals surface area contributed by atoms with Crippen molar-refractivity contribution in [2.75, 3.05) is 31.1 Å². The quantitative estimate of drug-likeness (QED) is 0.720. The highest BCUT2D eigenvalue weighted by molar-refractivity contribution is 5.95. The summed E-state index contributed by atoms with van der Waals surface area (Å²) in [4.78, 5) is 34.4. The van der Waals surface area contributed by atoms with Gasteiger partial charge in [-0.1, -0.05) is 19.9 Å². The standard InChI is InChI=1S/C28H36N4O2/c1-20(2)17-26(33)30-25-6-5-21-3-4-22(18-24(21)25)27(34)32-16-11-28(19-32)9-14-31(15-10-28)23-7-12-29-13-8-23/h3-4,7-8,12-13,18,20,25H,5-6,9-11,14-17,19H2,1-2H3,(H,30,33)/t25-/m1/s1. The molecule has 1 aromatic heterocycles. The van der Waals surface area contributed by atoms with Crippen molar-refractivity contribution < 1.29 is 9.59 Å². The van der Waals surface area contributed by atoms with Crippen LogP contribution in [0.15, 0.2) is 42.7 Å². The van der Waals surface area contributed by atoms with E-state index in [1.807, 2.05) is 24.5 Å². The summed E-state index contributed by atoms with van der Waals surface area (Å²) in [6.45, 7) is 7.86. The number of piperidine rings is 1. The maximum atomic E-state index is 13.5. The van der Waals surface area contributed by atoms with Gasteiger partial charge in [-0.3, -0.25) is 14.6 Å². The zero-order valence-electron chi connectivity index (χ0n) is 20.4. The number of aromatic nitrogens is 1. The molecule has 1 N–H and O–H groups in total. The van der Waals surface area contributed by atoms with E-state index in [4.69, 9.17) is 0 Å². The summed E-state index contributed by atoms with van der Waals surface area (Å²) in [6, 6.07) is 10.3. The molecule has 6 nitrogen and oxygen atoms in total. The van der Waals surface area contributed by atoms with E-state index < -0.39 is 0 Å². The lowest BCUT2D eigenvalue weighted by Gasteiger charge is -2.40. The Bertz CT molecular complexity index is 1040. The molecule has 180 valence electrons. The van der Waals surface area contributed by atoms with E-state index in [9.17, 15) is 9.59 Å². The van der Waals surface area contributed by atoms with E-state index in [2.05, 4.69) is 52.1 Å². The average Bonchev–Trinajstić information content (AvgIpc) is 3.43. The Morgan fingerprint density at radius 2 is 1.82 bits per heavy atom. The monoisotopic (exact) mass is 460 g/mol. The predicted molar refractivity (Wildman–Crippen MR) is 134 cm³/mol. The molecule has 1 aliphatic carbocycles. The molecule has 6 heteroatoms. The fourth-order valence-corrected chi connectivity index (χ4v) is 6.00. The second-order valence-corrected chi connectivity index (χ2v) is 10.8. The Labute approximate surface area is 202 Å². The fourth-order valence-electron chi connectivity index (χ4n) is 6.00. The van der Waals surface area contributed by atoms with Crippen LogP contribution in [0.1, 0.15) is 73.5 Å². The van der Waals surface area contributed by atoms with Crippen LogP contribution in [0.2, 0.25) is 0 Å². The third-order valence-corrected chi connectivity index (χ3v) is 7.98. The lowest BCUT2D eigenvalue weighted by atomic mass is 9.77. The van der Waals surface area contributed by atoms with Crippen LogP contribution in [0.4, 0.5) is 5.69 Å². The Hall–Kier alpha value is -2.89. The van der Waals surface area contributed by atoms with Gasteiger partial charge in [0.05, 0.1) is 6.04 Å². The number of benzene rings is 1. The number of carbonyl (C=O) groups is 2. The van der Waals surface area contributed by atoms with Crippen molar-refractivity contribution in [3.63, 3.8) is 0 Å². The molecule has 3 heterocycles. The van der Waals surface area contributed by atoms with Gasteiger partial charge in [0.25, 0.3) is 5.91 Å². The van der Waals surface area contributed by atoms with Gasteiger partial charge in [-0.2, -0.15) is 0 Å². The first-order chi connectivity index (χ1) is 16.4. The summed E-state index contributed by atoms with van der Waals surface area (Å²) in [6.07, 6.45) is 9.44. The molecule has 5 rings (SSSR count). The molecule has 0 saturated carbocycles. The van der Waals surface area contributed by atoms with E-state index in [1.165, 1.54) is 11.3 Å². The van der Waals surface area contributed by atoms with Crippen molar-refractivity contribution in [1.82, 2.24) is 15.2 Å². The number of fused-ring (bicyclic) bond motifs is 1. The number of nitrogens with zero attached hydrogens (tertiary/aromatic N) is 3. The average molecular weight is 461 g/mol. The van der Waals surface area contributed by atoms with Gasteiger partial charge in [-0.05, 0) is 78.8 Å². The Balaban J connectivity index is 1.22. The van der Waals surface area contributed by atoms with Gasteiger partial charge in [0.15, 0.2) is 0 Å².